The SMILES string of the molecule is CCOc1cc(C(=O)O)cc(F)c1C(C)C. The molecule has 0 spiro atoms. The highest BCUT2D eigenvalue weighted by Crippen LogP contribution is 2.30. The molecule has 0 aromatic heterocycles. The summed E-state index contributed by atoms with van der Waals surface area (Å²) >= 11 is 0. The van der Waals surface area contributed by atoms with Crippen LogP contribution in [0.4, 0.5) is 4.39 Å². The van der Waals surface area contributed by atoms with E-state index in [0.717, 1.165) is 6.07 Å². The Kier molecular flexibility index (Phi) is 3.88. The van der Waals surface area contributed by atoms with E-state index in [0.29, 0.717) is 17.9 Å². The molecular formula is C12H15FO3. The van der Waals surface area contributed by atoms with Gasteiger partial charge in [0.25, 0.3) is 0 Å². The first kappa shape index (κ1) is 12.5. The Morgan fingerprint density at radius 2 is 2.12 bits per heavy atom. The average Bonchev–Trinajstić information content (AvgIpc) is 2.16. The summed E-state index contributed by atoms with van der Waals surface area (Å²) in [5, 5.41) is 8.81. The average molecular weight is 226 g/mol. The van der Waals surface area contributed by atoms with Crippen molar-refractivity contribution < 1.29 is 19.0 Å². The lowest BCUT2D eigenvalue weighted by atomic mass is 9.99. The standard InChI is InChI=1S/C12H15FO3/c1-4-16-10-6-8(12(14)15)5-9(13)11(10)7(2)3/h5-7H,4H2,1-3H3,(H,14,15). The van der Waals surface area contributed by atoms with E-state index in [2.05, 4.69) is 0 Å². The summed E-state index contributed by atoms with van der Waals surface area (Å²) in [6.07, 6.45) is 0. The minimum atomic E-state index is -1.16. The van der Waals surface area contributed by atoms with Gasteiger partial charge < -0.3 is 9.84 Å². The number of aromatic carboxylic acids is 1. The normalized spacial score (nSPS) is 10.6. The third kappa shape index (κ3) is 2.51. The van der Waals surface area contributed by atoms with E-state index >= 15 is 0 Å². The van der Waals surface area contributed by atoms with Crippen LogP contribution in [0.2, 0.25) is 0 Å². The monoisotopic (exact) mass is 226 g/mol. The second kappa shape index (κ2) is 4.96. The summed E-state index contributed by atoms with van der Waals surface area (Å²) in [5.74, 6) is -1.42. The van der Waals surface area contributed by atoms with E-state index in [-0.39, 0.29) is 11.5 Å². The topological polar surface area (TPSA) is 46.5 Å². The van der Waals surface area contributed by atoms with Crippen molar-refractivity contribution in [2.75, 3.05) is 6.61 Å². The van der Waals surface area contributed by atoms with E-state index in [1.54, 1.807) is 6.92 Å². The summed E-state index contributed by atoms with van der Waals surface area (Å²) in [4.78, 5) is 10.8. The van der Waals surface area contributed by atoms with E-state index in [9.17, 15) is 9.18 Å². The molecule has 16 heavy (non-hydrogen) atoms. The van der Waals surface area contributed by atoms with Crippen LogP contribution in [0.15, 0.2) is 12.1 Å². The lowest BCUT2D eigenvalue weighted by Gasteiger charge is -2.14. The molecule has 1 N–H and O–H groups in total. The Bertz CT molecular complexity index is 399. The van der Waals surface area contributed by atoms with Crippen LogP contribution in [0.5, 0.6) is 5.75 Å². The third-order valence-electron chi connectivity index (χ3n) is 2.22. The fraction of sp³-hybridized carbons (Fsp3) is 0.417. The second-order valence-corrected chi connectivity index (χ2v) is 3.76. The molecule has 4 heteroatoms. The van der Waals surface area contributed by atoms with Crippen molar-refractivity contribution in [3.05, 3.63) is 29.1 Å². The van der Waals surface area contributed by atoms with Gasteiger partial charge in [-0.2, -0.15) is 0 Å². The number of halogens is 1. The molecule has 0 saturated carbocycles. The quantitative estimate of drug-likeness (QED) is 0.858. The number of carboxylic acids is 1. The molecule has 0 radical (unpaired) electrons. The van der Waals surface area contributed by atoms with Gasteiger partial charge in [0.1, 0.15) is 11.6 Å². The van der Waals surface area contributed by atoms with E-state index in [4.69, 9.17) is 9.84 Å². The Morgan fingerprint density at radius 3 is 2.56 bits per heavy atom. The summed E-state index contributed by atoms with van der Waals surface area (Å²) in [6.45, 7) is 5.82. The van der Waals surface area contributed by atoms with Gasteiger partial charge in [0, 0.05) is 5.56 Å². The molecule has 1 aromatic rings. The maximum absolute atomic E-state index is 13.7. The molecule has 0 aliphatic carbocycles. The van der Waals surface area contributed by atoms with Crippen LogP contribution in [0.1, 0.15) is 42.6 Å². The molecule has 0 saturated heterocycles. The van der Waals surface area contributed by atoms with Crippen LogP contribution in [0, 0.1) is 5.82 Å². The number of benzene rings is 1. The first-order chi connectivity index (χ1) is 7.47. The van der Waals surface area contributed by atoms with Crippen molar-refractivity contribution in [1.29, 1.82) is 0 Å². The Balaban J connectivity index is 3.33. The fourth-order valence-corrected chi connectivity index (χ4v) is 1.55. The zero-order chi connectivity index (χ0) is 12.3. The van der Waals surface area contributed by atoms with E-state index < -0.39 is 11.8 Å². The van der Waals surface area contributed by atoms with E-state index in [1.807, 2.05) is 13.8 Å². The molecule has 88 valence electrons. The Hall–Kier alpha value is -1.58. The summed E-state index contributed by atoms with van der Waals surface area (Å²) in [5.41, 5.74) is 0.331. The number of hydrogen-bond donors (Lipinski definition) is 1. The molecule has 0 aliphatic rings. The summed E-state index contributed by atoms with van der Waals surface area (Å²) < 4.78 is 19.0. The van der Waals surface area contributed by atoms with Crippen LogP contribution in [-0.2, 0) is 0 Å². The predicted octanol–water partition coefficient (Wildman–Crippen LogP) is 3.05. The lowest BCUT2D eigenvalue weighted by Crippen LogP contribution is -2.05. The van der Waals surface area contributed by atoms with Crippen molar-refractivity contribution in [3.63, 3.8) is 0 Å². The molecule has 0 heterocycles. The maximum Gasteiger partial charge on any atom is 0.335 e. The van der Waals surface area contributed by atoms with Crippen LogP contribution in [0.25, 0.3) is 0 Å². The zero-order valence-corrected chi connectivity index (χ0v) is 9.58. The van der Waals surface area contributed by atoms with Gasteiger partial charge in [0.2, 0.25) is 0 Å². The molecule has 0 unspecified atom stereocenters. The second-order valence-electron chi connectivity index (χ2n) is 3.76. The molecule has 0 amide bonds. The van der Waals surface area contributed by atoms with Gasteiger partial charge in [-0.25, -0.2) is 9.18 Å². The summed E-state index contributed by atoms with van der Waals surface area (Å²) in [6, 6.07) is 2.39. The maximum atomic E-state index is 13.7. The first-order valence-electron chi connectivity index (χ1n) is 5.16. The van der Waals surface area contributed by atoms with E-state index in [1.165, 1.54) is 6.07 Å². The van der Waals surface area contributed by atoms with Crippen LogP contribution in [0.3, 0.4) is 0 Å². The van der Waals surface area contributed by atoms with Crippen molar-refractivity contribution >= 4 is 5.97 Å². The number of carboxylic acid groups (broad SMARTS) is 1. The molecule has 0 atom stereocenters. The minimum Gasteiger partial charge on any atom is -0.493 e. The van der Waals surface area contributed by atoms with Crippen LogP contribution < -0.4 is 4.74 Å². The zero-order valence-electron chi connectivity index (χ0n) is 9.58. The lowest BCUT2D eigenvalue weighted by molar-refractivity contribution is 0.0695. The Labute approximate surface area is 93.9 Å². The van der Waals surface area contributed by atoms with Crippen LogP contribution >= 0.6 is 0 Å². The molecule has 0 aliphatic heterocycles. The highest BCUT2D eigenvalue weighted by molar-refractivity contribution is 5.88. The first-order valence-corrected chi connectivity index (χ1v) is 5.16. The largest absolute Gasteiger partial charge is 0.493 e. The summed E-state index contributed by atoms with van der Waals surface area (Å²) in [7, 11) is 0. The van der Waals surface area contributed by atoms with Crippen molar-refractivity contribution in [2.45, 2.75) is 26.7 Å². The molecule has 0 fully saturated rings. The van der Waals surface area contributed by atoms with Crippen molar-refractivity contribution in [1.82, 2.24) is 0 Å². The van der Waals surface area contributed by atoms with Crippen molar-refractivity contribution in [2.24, 2.45) is 0 Å². The number of hydrogen-bond acceptors (Lipinski definition) is 2. The van der Waals surface area contributed by atoms with Gasteiger partial charge in [-0.15, -0.1) is 0 Å². The number of ether oxygens (including phenoxy) is 1. The Morgan fingerprint density at radius 1 is 1.50 bits per heavy atom. The molecule has 1 rings (SSSR count). The van der Waals surface area contributed by atoms with Gasteiger partial charge in [-0.1, -0.05) is 13.8 Å². The van der Waals surface area contributed by atoms with Gasteiger partial charge in [0.15, 0.2) is 0 Å². The smallest absolute Gasteiger partial charge is 0.335 e. The highest BCUT2D eigenvalue weighted by Gasteiger charge is 2.17. The molecular weight excluding hydrogens is 211 g/mol. The minimum absolute atomic E-state index is 0.0515. The number of rotatable bonds is 4. The van der Waals surface area contributed by atoms with Crippen LogP contribution in [-0.4, -0.2) is 17.7 Å². The third-order valence-corrected chi connectivity index (χ3v) is 2.22. The predicted molar refractivity (Wildman–Crippen MR) is 58.6 cm³/mol. The molecule has 3 nitrogen and oxygen atoms in total. The van der Waals surface area contributed by atoms with Gasteiger partial charge in [-0.05, 0) is 25.0 Å². The fourth-order valence-electron chi connectivity index (χ4n) is 1.55. The van der Waals surface area contributed by atoms with Gasteiger partial charge >= 0.3 is 5.97 Å². The number of carbonyl (C=O) groups is 1. The highest BCUT2D eigenvalue weighted by atomic mass is 19.1. The van der Waals surface area contributed by atoms with Crippen molar-refractivity contribution in [3.8, 4) is 5.75 Å². The molecule has 0 bridgehead atoms. The van der Waals surface area contributed by atoms with Gasteiger partial charge in [-0.3, -0.25) is 0 Å². The van der Waals surface area contributed by atoms with Gasteiger partial charge in [0.05, 0.1) is 12.2 Å². The molecule has 1 aromatic carbocycles.